The molecule has 2 atom stereocenters. The van der Waals surface area contributed by atoms with Crippen molar-refractivity contribution in [2.45, 2.75) is 50.8 Å². The Bertz CT molecular complexity index is 620. The third-order valence-corrected chi connectivity index (χ3v) is 5.58. The van der Waals surface area contributed by atoms with Crippen LogP contribution >= 0.6 is 11.8 Å². The maximum Gasteiger partial charge on any atom is 0.341 e. The van der Waals surface area contributed by atoms with Crippen molar-refractivity contribution in [3.05, 3.63) is 23.8 Å². The fourth-order valence-corrected chi connectivity index (χ4v) is 4.30. The molecule has 0 radical (unpaired) electrons. The molecule has 0 aliphatic heterocycles. The van der Waals surface area contributed by atoms with E-state index in [-0.39, 0.29) is 11.9 Å². The third-order valence-electron chi connectivity index (χ3n) is 4.26. The van der Waals surface area contributed by atoms with Crippen LogP contribution in [0, 0.1) is 0 Å². The van der Waals surface area contributed by atoms with Crippen LogP contribution in [0.3, 0.4) is 0 Å². The smallest absolute Gasteiger partial charge is 0.341 e. The first-order valence-corrected chi connectivity index (χ1v) is 10.1. The molecule has 0 aromatic heterocycles. The van der Waals surface area contributed by atoms with Gasteiger partial charge in [0, 0.05) is 16.9 Å². The normalized spacial score (nSPS) is 19.6. The number of ether oxygens (including phenoxy) is 2. The van der Waals surface area contributed by atoms with Gasteiger partial charge in [-0.05, 0) is 43.7 Å². The van der Waals surface area contributed by atoms with Crippen LogP contribution < -0.4 is 14.8 Å². The van der Waals surface area contributed by atoms with Gasteiger partial charge in [-0.2, -0.15) is 11.8 Å². The summed E-state index contributed by atoms with van der Waals surface area (Å²) in [6.07, 6.45) is 4.49. The highest BCUT2D eigenvalue weighted by Gasteiger charge is 2.27. The van der Waals surface area contributed by atoms with Crippen LogP contribution in [-0.4, -0.2) is 47.2 Å². The number of aliphatic carboxylic acids is 1. The van der Waals surface area contributed by atoms with Crippen molar-refractivity contribution in [1.82, 2.24) is 5.32 Å². The summed E-state index contributed by atoms with van der Waals surface area (Å²) in [5.74, 6) is 0.545. The van der Waals surface area contributed by atoms with E-state index in [1.165, 1.54) is 6.42 Å². The van der Waals surface area contributed by atoms with Crippen LogP contribution in [0.5, 0.6) is 11.5 Å². The predicted molar refractivity (Wildman–Crippen MR) is 102 cm³/mol. The molecule has 0 heterocycles. The summed E-state index contributed by atoms with van der Waals surface area (Å²) < 4.78 is 10.7. The van der Waals surface area contributed by atoms with Crippen LogP contribution in [0.1, 0.15) is 49.9 Å². The van der Waals surface area contributed by atoms with Crippen LogP contribution in [0.4, 0.5) is 0 Å². The molecule has 1 aliphatic carbocycles. The van der Waals surface area contributed by atoms with E-state index in [1.807, 2.05) is 18.7 Å². The molecule has 1 aromatic rings. The quantitative estimate of drug-likeness (QED) is 0.682. The highest BCUT2D eigenvalue weighted by atomic mass is 32.2. The molecule has 0 spiro atoms. The standard InChI is InChI=1S/C19H27NO5S/c1-3-24-16-11-13(9-10-15(16)25-12-18(21)22)19(23)20-14-7-5-6-8-17(14)26-4-2/h9-11,14,17H,3-8,12H2,1-2H3,(H,20,23)(H,21,22). The van der Waals surface area contributed by atoms with Gasteiger partial charge < -0.3 is 19.9 Å². The van der Waals surface area contributed by atoms with Gasteiger partial charge in [-0.3, -0.25) is 4.79 Å². The Morgan fingerprint density at radius 3 is 2.65 bits per heavy atom. The number of hydrogen-bond acceptors (Lipinski definition) is 5. The van der Waals surface area contributed by atoms with Gasteiger partial charge in [-0.25, -0.2) is 4.79 Å². The predicted octanol–water partition coefficient (Wildman–Crippen LogP) is 3.34. The van der Waals surface area contributed by atoms with Gasteiger partial charge in [-0.1, -0.05) is 19.8 Å². The van der Waals surface area contributed by atoms with E-state index in [4.69, 9.17) is 14.6 Å². The molecule has 26 heavy (non-hydrogen) atoms. The molecule has 144 valence electrons. The summed E-state index contributed by atoms with van der Waals surface area (Å²) >= 11 is 1.91. The zero-order valence-electron chi connectivity index (χ0n) is 15.3. The van der Waals surface area contributed by atoms with E-state index in [1.54, 1.807) is 18.2 Å². The van der Waals surface area contributed by atoms with E-state index < -0.39 is 12.6 Å². The summed E-state index contributed by atoms with van der Waals surface area (Å²) in [5, 5.41) is 12.4. The lowest BCUT2D eigenvalue weighted by Gasteiger charge is -2.31. The second kappa shape index (κ2) is 10.3. The second-order valence-corrected chi connectivity index (χ2v) is 7.65. The van der Waals surface area contributed by atoms with Crippen molar-refractivity contribution in [3.63, 3.8) is 0 Å². The first-order chi connectivity index (χ1) is 12.5. The third kappa shape index (κ3) is 5.83. The number of carboxylic acid groups (broad SMARTS) is 1. The molecule has 7 heteroatoms. The summed E-state index contributed by atoms with van der Waals surface area (Å²) in [7, 11) is 0. The summed E-state index contributed by atoms with van der Waals surface area (Å²) in [4.78, 5) is 23.4. The molecule has 2 unspecified atom stereocenters. The van der Waals surface area contributed by atoms with Gasteiger partial charge in [0.1, 0.15) is 0 Å². The summed E-state index contributed by atoms with van der Waals surface area (Å²) in [5.41, 5.74) is 0.488. The Balaban J connectivity index is 2.09. The van der Waals surface area contributed by atoms with Gasteiger partial charge in [0.2, 0.25) is 0 Å². The minimum absolute atomic E-state index is 0.135. The molecule has 6 nitrogen and oxygen atoms in total. The Hall–Kier alpha value is -1.89. The lowest BCUT2D eigenvalue weighted by molar-refractivity contribution is -0.139. The van der Waals surface area contributed by atoms with Gasteiger partial charge >= 0.3 is 5.97 Å². The minimum Gasteiger partial charge on any atom is -0.490 e. The number of carbonyl (C=O) groups is 2. The summed E-state index contributed by atoms with van der Waals surface area (Å²) in [6.45, 7) is 3.90. The number of thioether (sulfide) groups is 1. The fourth-order valence-electron chi connectivity index (χ4n) is 3.10. The van der Waals surface area contributed by atoms with Crippen molar-refractivity contribution < 1.29 is 24.2 Å². The molecular formula is C19H27NO5S. The molecule has 1 aliphatic rings. The van der Waals surface area contributed by atoms with Crippen molar-refractivity contribution in [2.24, 2.45) is 0 Å². The lowest BCUT2D eigenvalue weighted by atomic mass is 9.94. The average Bonchev–Trinajstić information content (AvgIpc) is 2.62. The zero-order chi connectivity index (χ0) is 18.9. The molecular weight excluding hydrogens is 354 g/mol. The van der Waals surface area contributed by atoms with E-state index in [2.05, 4.69) is 12.2 Å². The molecule has 1 amide bonds. The largest absolute Gasteiger partial charge is 0.490 e. The highest BCUT2D eigenvalue weighted by molar-refractivity contribution is 7.99. The minimum atomic E-state index is -1.06. The van der Waals surface area contributed by atoms with Crippen molar-refractivity contribution >= 4 is 23.6 Å². The molecule has 1 fully saturated rings. The first-order valence-electron chi connectivity index (χ1n) is 9.09. The van der Waals surface area contributed by atoms with Crippen LogP contribution in [0.2, 0.25) is 0 Å². The molecule has 1 saturated carbocycles. The highest BCUT2D eigenvalue weighted by Crippen LogP contribution is 2.31. The maximum atomic E-state index is 12.7. The van der Waals surface area contributed by atoms with Gasteiger partial charge in [-0.15, -0.1) is 0 Å². The van der Waals surface area contributed by atoms with E-state index in [0.717, 1.165) is 25.0 Å². The number of rotatable bonds is 9. The molecule has 2 rings (SSSR count). The number of amides is 1. The molecule has 1 aromatic carbocycles. The monoisotopic (exact) mass is 381 g/mol. The average molecular weight is 381 g/mol. The van der Waals surface area contributed by atoms with Crippen molar-refractivity contribution in [1.29, 1.82) is 0 Å². The van der Waals surface area contributed by atoms with Crippen molar-refractivity contribution in [2.75, 3.05) is 19.0 Å². The Kier molecular flexibility index (Phi) is 8.09. The first kappa shape index (κ1) is 20.4. The molecule has 0 bridgehead atoms. The number of benzene rings is 1. The summed E-state index contributed by atoms with van der Waals surface area (Å²) in [6, 6.07) is 5.02. The van der Waals surface area contributed by atoms with Crippen LogP contribution in [0.15, 0.2) is 18.2 Å². The van der Waals surface area contributed by atoms with Crippen molar-refractivity contribution in [3.8, 4) is 11.5 Å². The van der Waals surface area contributed by atoms with E-state index in [9.17, 15) is 9.59 Å². The Labute approximate surface area is 158 Å². The second-order valence-electron chi connectivity index (χ2n) is 6.14. The number of nitrogens with one attached hydrogen (secondary N) is 1. The lowest BCUT2D eigenvalue weighted by Crippen LogP contribution is -2.43. The Morgan fingerprint density at radius 1 is 1.19 bits per heavy atom. The maximum absolute atomic E-state index is 12.7. The number of carbonyl (C=O) groups excluding carboxylic acids is 1. The number of carboxylic acids is 1. The van der Waals surface area contributed by atoms with Gasteiger partial charge in [0.25, 0.3) is 5.91 Å². The Morgan fingerprint density at radius 2 is 1.96 bits per heavy atom. The molecule has 2 N–H and O–H groups in total. The van der Waals surface area contributed by atoms with Crippen LogP contribution in [0.25, 0.3) is 0 Å². The van der Waals surface area contributed by atoms with Gasteiger partial charge in [0.15, 0.2) is 18.1 Å². The van der Waals surface area contributed by atoms with E-state index >= 15 is 0 Å². The SMILES string of the molecule is CCOc1cc(C(=O)NC2CCCCC2SCC)ccc1OCC(=O)O. The van der Waals surface area contributed by atoms with Crippen LogP contribution in [-0.2, 0) is 4.79 Å². The topological polar surface area (TPSA) is 84.9 Å². The zero-order valence-corrected chi connectivity index (χ0v) is 16.1. The fraction of sp³-hybridized carbons (Fsp3) is 0.579. The van der Waals surface area contributed by atoms with E-state index in [0.29, 0.717) is 28.9 Å². The van der Waals surface area contributed by atoms with Gasteiger partial charge in [0.05, 0.1) is 6.61 Å². The number of hydrogen-bond donors (Lipinski definition) is 2. The molecule has 0 saturated heterocycles.